The molecule has 0 aliphatic rings. The number of anilines is 1. The van der Waals surface area contributed by atoms with Gasteiger partial charge in [-0.05, 0) is 35.8 Å². The normalized spacial score (nSPS) is 10.3. The Labute approximate surface area is 120 Å². The summed E-state index contributed by atoms with van der Waals surface area (Å²) in [6.07, 6.45) is 1.71. The molecule has 2 aromatic rings. The standard InChI is InChI=1S/C13H15BrN4O/c1-4-15-13-11(14)8(2)17-12(18-13)9-5-6-10(19-3)16-7-9/h5-7H,4H2,1-3H3,(H,15,17,18). The predicted molar refractivity (Wildman–Crippen MR) is 78.4 cm³/mol. The number of halogens is 1. The van der Waals surface area contributed by atoms with E-state index in [1.54, 1.807) is 19.4 Å². The van der Waals surface area contributed by atoms with E-state index in [0.29, 0.717) is 11.7 Å². The summed E-state index contributed by atoms with van der Waals surface area (Å²) >= 11 is 3.49. The zero-order valence-electron chi connectivity index (χ0n) is 11.1. The maximum Gasteiger partial charge on any atom is 0.212 e. The fraction of sp³-hybridized carbons (Fsp3) is 0.308. The smallest absolute Gasteiger partial charge is 0.212 e. The highest BCUT2D eigenvalue weighted by Crippen LogP contribution is 2.26. The van der Waals surface area contributed by atoms with Gasteiger partial charge < -0.3 is 10.1 Å². The fourth-order valence-corrected chi connectivity index (χ4v) is 1.92. The Hall–Kier alpha value is -1.69. The molecule has 5 nitrogen and oxygen atoms in total. The van der Waals surface area contributed by atoms with Gasteiger partial charge in [-0.1, -0.05) is 0 Å². The van der Waals surface area contributed by atoms with E-state index in [9.17, 15) is 0 Å². The highest BCUT2D eigenvalue weighted by atomic mass is 79.9. The Morgan fingerprint density at radius 2 is 2.11 bits per heavy atom. The van der Waals surface area contributed by atoms with Crippen LogP contribution in [-0.2, 0) is 0 Å². The number of nitrogens with zero attached hydrogens (tertiary/aromatic N) is 3. The van der Waals surface area contributed by atoms with E-state index in [4.69, 9.17) is 4.74 Å². The molecule has 0 aliphatic carbocycles. The van der Waals surface area contributed by atoms with Gasteiger partial charge in [0.2, 0.25) is 5.88 Å². The van der Waals surface area contributed by atoms with Gasteiger partial charge in [0.15, 0.2) is 5.82 Å². The number of hydrogen-bond donors (Lipinski definition) is 1. The van der Waals surface area contributed by atoms with Crippen LogP contribution in [0.3, 0.4) is 0 Å². The van der Waals surface area contributed by atoms with Crippen molar-refractivity contribution in [3.05, 3.63) is 28.5 Å². The van der Waals surface area contributed by atoms with E-state index >= 15 is 0 Å². The summed E-state index contributed by atoms with van der Waals surface area (Å²) in [6.45, 7) is 4.76. The topological polar surface area (TPSA) is 59.9 Å². The van der Waals surface area contributed by atoms with Crippen molar-refractivity contribution < 1.29 is 4.74 Å². The van der Waals surface area contributed by atoms with Crippen molar-refractivity contribution in [2.24, 2.45) is 0 Å². The molecular formula is C13H15BrN4O. The van der Waals surface area contributed by atoms with E-state index in [0.717, 1.165) is 28.1 Å². The van der Waals surface area contributed by atoms with Crippen LogP contribution in [0.15, 0.2) is 22.8 Å². The number of aromatic nitrogens is 3. The summed E-state index contributed by atoms with van der Waals surface area (Å²) in [5.74, 6) is 2.01. The minimum absolute atomic E-state index is 0.574. The second kappa shape index (κ2) is 5.97. The van der Waals surface area contributed by atoms with Crippen LogP contribution in [0.25, 0.3) is 11.4 Å². The van der Waals surface area contributed by atoms with E-state index < -0.39 is 0 Å². The third-order valence-electron chi connectivity index (χ3n) is 2.56. The minimum atomic E-state index is 0.574. The number of methoxy groups -OCH3 is 1. The molecule has 0 spiro atoms. The number of aryl methyl sites for hydroxylation is 1. The molecule has 0 radical (unpaired) electrons. The molecule has 6 heteroatoms. The first kappa shape index (κ1) is 13.7. The van der Waals surface area contributed by atoms with Gasteiger partial charge >= 0.3 is 0 Å². The molecule has 0 bridgehead atoms. The zero-order valence-corrected chi connectivity index (χ0v) is 12.7. The lowest BCUT2D eigenvalue weighted by molar-refractivity contribution is 0.398. The molecule has 0 aliphatic heterocycles. The largest absolute Gasteiger partial charge is 0.481 e. The first-order valence-corrected chi connectivity index (χ1v) is 6.73. The van der Waals surface area contributed by atoms with Gasteiger partial charge in [-0.2, -0.15) is 0 Å². The molecule has 0 atom stereocenters. The summed E-state index contributed by atoms with van der Waals surface area (Å²) in [7, 11) is 1.59. The first-order chi connectivity index (χ1) is 9.15. The number of hydrogen-bond acceptors (Lipinski definition) is 5. The van der Waals surface area contributed by atoms with Crippen LogP contribution in [0, 0.1) is 6.92 Å². The maximum absolute atomic E-state index is 5.04. The highest BCUT2D eigenvalue weighted by Gasteiger charge is 2.10. The average Bonchev–Trinajstić information content (AvgIpc) is 2.44. The van der Waals surface area contributed by atoms with Crippen molar-refractivity contribution in [1.29, 1.82) is 0 Å². The zero-order chi connectivity index (χ0) is 13.8. The number of ether oxygens (including phenoxy) is 1. The van der Waals surface area contributed by atoms with E-state index in [-0.39, 0.29) is 0 Å². The van der Waals surface area contributed by atoms with Crippen LogP contribution in [0.5, 0.6) is 5.88 Å². The Bertz CT molecular complexity index is 572. The van der Waals surface area contributed by atoms with Gasteiger partial charge in [-0.25, -0.2) is 15.0 Å². The minimum Gasteiger partial charge on any atom is -0.481 e. The quantitative estimate of drug-likeness (QED) is 0.937. The molecule has 1 N–H and O–H groups in total. The van der Waals surface area contributed by atoms with Crippen LogP contribution in [0.1, 0.15) is 12.6 Å². The van der Waals surface area contributed by atoms with Gasteiger partial charge in [0.25, 0.3) is 0 Å². The van der Waals surface area contributed by atoms with Crippen LogP contribution in [-0.4, -0.2) is 28.6 Å². The van der Waals surface area contributed by atoms with Gasteiger partial charge in [0, 0.05) is 24.4 Å². The fourth-order valence-electron chi connectivity index (χ4n) is 1.61. The number of nitrogens with one attached hydrogen (secondary N) is 1. The molecule has 0 fully saturated rings. The summed E-state index contributed by atoms with van der Waals surface area (Å²) in [5.41, 5.74) is 1.74. The number of rotatable bonds is 4. The van der Waals surface area contributed by atoms with Crippen molar-refractivity contribution in [2.45, 2.75) is 13.8 Å². The summed E-state index contributed by atoms with van der Waals surface area (Å²) in [6, 6.07) is 3.69. The van der Waals surface area contributed by atoms with Crippen LogP contribution < -0.4 is 10.1 Å². The summed E-state index contributed by atoms with van der Waals surface area (Å²) < 4.78 is 5.93. The molecule has 0 saturated heterocycles. The molecule has 2 aromatic heterocycles. The van der Waals surface area contributed by atoms with Crippen molar-refractivity contribution in [1.82, 2.24) is 15.0 Å². The first-order valence-electron chi connectivity index (χ1n) is 5.94. The lowest BCUT2D eigenvalue weighted by Crippen LogP contribution is -2.04. The van der Waals surface area contributed by atoms with Crippen LogP contribution in [0.4, 0.5) is 5.82 Å². The molecule has 0 aromatic carbocycles. The maximum atomic E-state index is 5.04. The molecular weight excluding hydrogens is 308 g/mol. The van der Waals surface area contributed by atoms with E-state index in [1.807, 2.05) is 19.9 Å². The Balaban J connectivity index is 2.43. The molecule has 19 heavy (non-hydrogen) atoms. The van der Waals surface area contributed by atoms with E-state index in [1.165, 1.54) is 0 Å². The van der Waals surface area contributed by atoms with Gasteiger partial charge in [0.1, 0.15) is 5.82 Å². The third kappa shape index (κ3) is 3.01. The van der Waals surface area contributed by atoms with Gasteiger partial charge in [-0.15, -0.1) is 0 Å². The van der Waals surface area contributed by atoms with Crippen molar-refractivity contribution in [3.63, 3.8) is 0 Å². The molecule has 0 saturated carbocycles. The predicted octanol–water partition coefficient (Wildman–Crippen LogP) is 3.05. The second-order valence-electron chi connectivity index (χ2n) is 3.91. The molecule has 100 valence electrons. The molecule has 0 unspecified atom stereocenters. The van der Waals surface area contributed by atoms with E-state index in [2.05, 4.69) is 36.2 Å². The third-order valence-corrected chi connectivity index (χ3v) is 3.51. The SMILES string of the molecule is CCNc1nc(-c2ccc(OC)nc2)nc(C)c1Br. The monoisotopic (exact) mass is 322 g/mol. The van der Waals surface area contributed by atoms with Crippen LogP contribution >= 0.6 is 15.9 Å². The number of pyridine rings is 1. The molecule has 0 amide bonds. The molecule has 2 heterocycles. The summed E-state index contributed by atoms with van der Waals surface area (Å²) in [4.78, 5) is 13.1. The summed E-state index contributed by atoms with van der Waals surface area (Å²) in [5, 5.41) is 3.21. The van der Waals surface area contributed by atoms with Gasteiger partial charge in [-0.3, -0.25) is 0 Å². The Kier molecular flexibility index (Phi) is 4.31. The average molecular weight is 323 g/mol. The van der Waals surface area contributed by atoms with Crippen LogP contribution in [0.2, 0.25) is 0 Å². The Morgan fingerprint density at radius 3 is 2.68 bits per heavy atom. The lowest BCUT2D eigenvalue weighted by atomic mass is 10.2. The lowest BCUT2D eigenvalue weighted by Gasteiger charge is -2.10. The second-order valence-corrected chi connectivity index (χ2v) is 4.71. The van der Waals surface area contributed by atoms with Crippen molar-refractivity contribution in [3.8, 4) is 17.3 Å². The highest BCUT2D eigenvalue weighted by molar-refractivity contribution is 9.10. The van der Waals surface area contributed by atoms with Crippen molar-refractivity contribution in [2.75, 3.05) is 19.0 Å². The Morgan fingerprint density at radius 1 is 1.32 bits per heavy atom. The van der Waals surface area contributed by atoms with Gasteiger partial charge in [0.05, 0.1) is 17.3 Å². The molecule has 2 rings (SSSR count). The van der Waals surface area contributed by atoms with Crippen molar-refractivity contribution >= 4 is 21.7 Å².